The molecule has 148 valence electrons. The van der Waals surface area contributed by atoms with Crippen molar-refractivity contribution in [3.8, 4) is 0 Å². The molecular weight excluding hydrogens is 403 g/mol. The number of benzene rings is 2. The summed E-state index contributed by atoms with van der Waals surface area (Å²) in [6.45, 7) is 4.98. The molecule has 0 N–H and O–H groups in total. The lowest BCUT2D eigenvalue weighted by molar-refractivity contribution is 0.0743. The fraction of sp³-hybridized carbons (Fsp3) is 0.250. The van der Waals surface area contributed by atoms with Gasteiger partial charge in [0.05, 0.1) is 21.2 Å². The second kappa shape index (κ2) is 7.93. The zero-order valence-electron chi connectivity index (χ0n) is 15.4. The summed E-state index contributed by atoms with van der Waals surface area (Å²) in [6, 6.07) is 9.16. The first-order chi connectivity index (χ1) is 13.2. The number of hydrogen-bond donors (Lipinski definition) is 0. The molecule has 2 aromatic carbocycles. The number of anilines is 1. The highest BCUT2D eigenvalue weighted by Crippen LogP contribution is 2.27. The summed E-state index contributed by atoms with van der Waals surface area (Å²) in [5.41, 5.74) is 1.54. The van der Waals surface area contributed by atoms with E-state index in [2.05, 4.69) is 6.58 Å². The molecule has 0 spiro atoms. The standard InChI is InChI=1S/C20H20ClFN2O3S/c1-14-9-11-24(12-10-14)20(25)18-13-17(7-8-19(18)21)28(26,27)23(2)16-5-3-15(22)4-6-16/h3-8,13H,1,9-12H2,2H3. The van der Waals surface area contributed by atoms with Crippen LogP contribution in [0.15, 0.2) is 59.5 Å². The molecule has 3 rings (SSSR count). The summed E-state index contributed by atoms with van der Waals surface area (Å²) in [6.07, 6.45) is 1.43. The molecule has 0 saturated carbocycles. The third-order valence-corrected chi connectivity index (χ3v) is 6.89. The fourth-order valence-corrected chi connectivity index (χ4v) is 4.39. The van der Waals surface area contributed by atoms with E-state index in [1.54, 1.807) is 4.90 Å². The van der Waals surface area contributed by atoms with Gasteiger partial charge in [-0.2, -0.15) is 0 Å². The van der Waals surface area contributed by atoms with Gasteiger partial charge in [-0.15, -0.1) is 0 Å². The number of piperidine rings is 1. The summed E-state index contributed by atoms with van der Waals surface area (Å²) in [5, 5.41) is 0.192. The van der Waals surface area contributed by atoms with E-state index >= 15 is 0 Å². The molecule has 0 atom stereocenters. The van der Waals surface area contributed by atoms with Crippen molar-refractivity contribution in [2.45, 2.75) is 17.7 Å². The lowest BCUT2D eigenvalue weighted by Gasteiger charge is -2.28. The highest BCUT2D eigenvalue weighted by atomic mass is 35.5. The maximum Gasteiger partial charge on any atom is 0.264 e. The number of carbonyl (C=O) groups excluding carboxylic acids is 1. The van der Waals surface area contributed by atoms with Crippen molar-refractivity contribution < 1.29 is 17.6 Å². The Labute approximate surface area is 169 Å². The highest BCUT2D eigenvalue weighted by molar-refractivity contribution is 7.92. The first-order valence-corrected chi connectivity index (χ1v) is 10.5. The van der Waals surface area contributed by atoms with Gasteiger partial charge >= 0.3 is 0 Å². The molecule has 1 saturated heterocycles. The SMILES string of the molecule is C=C1CCN(C(=O)c2cc(S(=O)(=O)N(C)c3ccc(F)cc3)ccc2Cl)CC1. The Hall–Kier alpha value is -2.38. The number of nitrogens with zero attached hydrogens (tertiary/aromatic N) is 2. The van der Waals surface area contributed by atoms with Gasteiger partial charge in [0, 0.05) is 20.1 Å². The molecule has 0 radical (unpaired) electrons. The van der Waals surface area contributed by atoms with E-state index in [1.807, 2.05) is 0 Å². The summed E-state index contributed by atoms with van der Waals surface area (Å²) >= 11 is 6.19. The van der Waals surface area contributed by atoms with E-state index in [0.717, 1.165) is 9.88 Å². The van der Waals surface area contributed by atoms with Gasteiger partial charge < -0.3 is 4.90 Å². The molecule has 1 amide bonds. The van der Waals surface area contributed by atoms with Crippen LogP contribution in [-0.2, 0) is 10.0 Å². The van der Waals surface area contributed by atoms with Gasteiger partial charge in [-0.05, 0) is 55.3 Å². The second-order valence-electron chi connectivity index (χ2n) is 6.63. The molecule has 2 aromatic rings. The van der Waals surface area contributed by atoms with Gasteiger partial charge in [0.1, 0.15) is 5.82 Å². The predicted molar refractivity (Wildman–Crippen MR) is 108 cm³/mol. The van der Waals surface area contributed by atoms with Crippen LogP contribution in [0.1, 0.15) is 23.2 Å². The Morgan fingerprint density at radius 2 is 1.75 bits per heavy atom. The summed E-state index contributed by atoms with van der Waals surface area (Å²) in [5.74, 6) is -0.767. The topological polar surface area (TPSA) is 57.7 Å². The number of halogens is 2. The fourth-order valence-electron chi connectivity index (χ4n) is 2.97. The Balaban J connectivity index is 1.92. The van der Waals surface area contributed by atoms with E-state index in [9.17, 15) is 17.6 Å². The summed E-state index contributed by atoms with van der Waals surface area (Å²) in [4.78, 5) is 14.4. The Morgan fingerprint density at radius 1 is 1.14 bits per heavy atom. The molecule has 0 aromatic heterocycles. The average Bonchev–Trinajstić information content (AvgIpc) is 2.68. The average molecular weight is 423 g/mol. The number of rotatable bonds is 4. The van der Waals surface area contributed by atoms with E-state index in [0.29, 0.717) is 31.6 Å². The number of carbonyl (C=O) groups is 1. The highest BCUT2D eigenvalue weighted by Gasteiger charge is 2.26. The second-order valence-corrected chi connectivity index (χ2v) is 9.01. The maximum atomic E-state index is 13.1. The number of amides is 1. The van der Waals surface area contributed by atoms with Crippen LogP contribution in [0.25, 0.3) is 0 Å². The molecule has 0 unspecified atom stereocenters. The van der Waals surface area contributed by atoms with Gasteiger partial charge in [-0.25, -0.2) is 12.8 Å². The molecule has 0 aliphatic carbocycles. The zero-order valence-corrected chi connectivity index (χ0v) is 16.9. The Morgan fingerprint density at radius 3 is 2.36 bits per heavy atom. The molecule has 1 aliphatic rings. The molecule has 5 nitrogen and oxygen atoms in total. The Kier molecular flexibility index (Phi) is 5.76. The van der Waals surface area contributed by atoms with Gasteiger partial charge in [0.15, 0.2) is 0 Å². The predicted octanol–water partition coefficient (Wildman–Crippen LogP) is 4.10. The van der Waals surface area contributed by atoms with E-state index < -0.39 is 15.8 Å². The van der Waals surface area contributed by atoms with Crippen LogP contribution >= 0.6 is 11.6 Å². The summed E-state index contributed by atoms with van der Waals surface area (Å²) in [7, 11) is -2.58. The van der Waals surface area contributed by atoms with Crippen LogP contribution in [-0.4, -0.2) is 39.4 Å². The van der Waals surface area contributed by atoms with Crippen molar-refractivity contribution >= 4 is 33.2 Å². The smallest absolute Gasteiger partial charge is 0.264 e. The lowest BCUT2D eigenvalue weighted by atomic mass is 10.0. The normalized spacial score (nSPS) is 14.8. The third-order valence-electron chi connectivity index (χ3n) is 4.77. The van der Waals surface area contributed by atoms with Crippen molar-refractivity contribution in [1.29, 1.82) is 0 Å². The minimum atomic E-state index is -3.95. The molecule has 1 heterocycles. The molecule has 28 heavy (non-hydrogen) atoms. The van der Waals surface area contributed by atoms with Crippen LogP contribution < -0.4 is 4.31 Å². The molecule has 1 aliphatic heterocycles. The van der Waals surface area contributed by atoms with Gasteiger partial charge in [0.25, 0.3) is 15.9 Å². The van der Waals surface area contributed by atoms with Crippen molar-refractivity contribution in [3.05, 3.63) is 71.0 Å². The molecule has 0 bridgehead atoms. The summed E-state index contributed by atoms with van der Waals surface area (Å²) < 4.78 is 40.1. The largest absolute Gasteiger partial charge is 0.338 e. The van der Waals surface area contributed by atoms with Crippen LogP contribution in [0, 0.1) is 5.82 Å². The number of sulfonamides is 1. The minimum absolute atomic E-state index is 0.0616. The van der Waals surface area contributed by atoms with Crippen molar-refractivity contribution in [3.63, 3.8) is 0 Å². The first kappa shape index (κ1) is 20.4. The molecular formula is C20H20ClFN2O3S. The molecule has 8 heteroatoms. The van der Waals surface area contributed by atoms with Crippen molar-refractivity contribution in [2.75, 3.05) is 24.4 Å². The van der Waals surface area contributed by atoms with E-state index in [1.165, 1.54) is 49.5 Å². The van der Waals surface area contributed by atoms with Crippen LogP contribution in [0.3, 0.4) is 0 Å². The van der Waals surface area contributed by atoms with Gasteiger partial charge in [-0.3, -0.25) is 9.10 Å². The van der Waals surface area contributed by atoms with Gasteiger partial charge in [-0.1, -0.05) is 23.8 Å². The minimum Gasteiger partial charge on any atom is -0.338 e. The van der Waals surface area contributed by atoms with Gasteiger partial charge in [0.2, 0.25) is 0 Å². The maximum absolute atomic E-state index is 13.1. The monoisotopic (exact) mass is 422 g/mol. The number of likely N-dealkylation sites (tertiary alicyclic amines) is 1. The van der Waals surface area contributed by atoms with Crippen molar-refractivity contribution in [1.82, 2.24) is 4.90 Å². The number of hydrogen-bond acceptors (Lipinski definition) is 3. The van der Waals surface area contributed by atoms with E-state index in [4.69, 9.17) is 11.6 Å². The van der Waals surface area contributed by atoms with Crippen LogP contribution in [0.4, 0.5) is 10.1 Å². The van der Waals surface area contributed by atoms with Crippen LogP contribution in [0.5, 0.6) is 0 Å². The zero-order chi connectivity index (χ0) is 20.5. The lowest BCUT2D eigenvalue weighted by Crippen LogP contribution is -2.36. The third kappa shape index (κ3) is 4.05. The first-order valence-electron chi connectivity index (χ1n) is 8.70. The van der Waals surface area contributed by atoms with Crippen LogP contribution in [0.2, 0.25) is 5.02 Å². The van der Waals surface area contributed by atoms with Crippen molar-refractivity contribution in [2.24, 2.45) is 0 Å². The van der Waals surface area contributed by atoms with E-state index in [-0.39, 0.29) is 21.4 Å². The quantitative estimate of drug-likeness (QED) is 0.697. The Bertz CT molecular complexity index is 1010. The molecule has 1 fully saturated rings.